The molecule has 1 aliphatic rings. The maximum atomic E-state index is 5.60. The van der Waals surface area contributed by atoms with Gasteiger partial charge in [0.15, 0.2) is 11.5 Å². The van der Waals surface area contributed by atoms with Gasteiger partial charge in [-0.3, -0.25) is 0 Å². The van der Waals surface area contributed by atoms with E-state index < -0.39 is 0 Å². The largest absolute Gasteiger partial charge is 0.486 e. The van der Waals surface area contributed by atoms with Crippen LogP contribution in [-0.2, 0) is 6.54 Å². The van der Waals surface area contributed by atoms with Gasteiger partial charge >= 0.3 is 0 Å². The van der Waals surface area contributed by atoms with Crippen LogP contribution in [0.2, 0.25) is 0 Å². The third kappa shape index (κ3) is 2.10. The number of aromatic nitrogens is 2. The molecule has 0 fully saturated rings. The summed E-state index contributed by atoms with van der Waals surface area (Å²) in [5, 5.41) is 0. The van der Waals surface area contributed by atoms with Crippen molar-refractivity contribution in [3.05, 3.63) is 40.4 Å². The number of aryl methyl sites for hydroxylation is 1. The molecule has 1 aliphatic heterocycles. The van der Waals surface area contributed by atoms with Crippen molar-refractivity contribution in [1.82, 2.24) is 9.55 Å². The smallest absolute Gasteiger partial charge is 0.162 e. The van der Waals surface area contributed by atoms with Crippen LogP contribution in [0.25, 0.3) is 0 Å². The predicted octanol–water partition coefficient (Wildman–Crippen LogP) is 2.77. The SMILES string of the molecule is Cc1nccn1Cc1cc2c(cc1Br)OCCO2. The summed E-state index contributed by atoms with van der Waals surface area (Å²) in [6.07, 6.45) is 3.78. The zero-order valence-corrected chi connectivity index (χ0v) is 11.6. The van der Waals surface area contributed by atoms with Gasteiger partial charge in [-0.25, -0.2) is 4.98 Å². The van der Waals surface area contributed by atoms with Gasteiger partial charge < -0.3 is 14.0 Å². The Bertz CT molecular complexity index is 580. The summed E-state index contributed by atoms with van der Waals surface area (Å²) < 4.78 is 14.3. The van der Waals surface area contributed by atoms with E-state index in [-0.39, 0.29) is 0 Å². The summed E-state index contributed by atoms with van der Waals surface area (Å²) in [4.78, 5) is 4.22. The lowest BCUT2D eigenvalue weighted by molar-refractivity contribution is 0.171. The van der Waals surface area contributed by atoms with Gasteiger partial charge in [-0.1, -0.05) is 15.9 Å². The van der Waals surface area contributed by atoms with E-state index in [9.17, 15) is 0 Å². The molecule has 0 saturated heterocycles. The van der Waals surface area contributed by atoms with Crippen LogP contribution in [0.1, 0.15) is 11.4 Å². The fourth-order valence-electron chi connectivity index (χ4n) is 1.98. The monoisotopic (exact) mass is 308 g/mol. The van der Waals surface area contributed by atoms with Gasteiger partial charge in [0.25, 0.3) is 0 Å². The second-order valence-corrected chi connectivity index (χ2v) is 5.04. The quantitative estimate of drug-likeness (QED) is 0.856. The average Bonchev–Trinajstić information content (AvgIpc) is 2.76. The van der Waals surface area contributed by atoms with Crippen LogP contribution in [0.15, 0.2) is 29.0 Å². The molecule has 0 radical (unpaired) electrons. The van der Waals surface area contributed by atoms with E-state index in [0.29, 0.717) is 13.2 Å². The molecule has 2 heterocycles. The summed E-state index contributed by atoms with van der Waals surface area (Å²) in [7, 11) is 0. The average molecular weight is 309 g/mol. The van der Waals surface area contributed by atoms with Crippen LogP contribution in [0.3, 0.4) is 0 Å². The lowest BCUT2D eigenvalue weighted by atomic mass is 10.2. The molecule has 1 aromatic carbocycles. The summed E-state index contributed by atoms with van der Waals surface area (Å²) in [6, 6.07) is 3.99. The molecule has 0 bridgehead atoms. The van der Waals surface area contributed by atoms with Crippen molar-refractivity contribution in [2.45, 2.75) is 13.5 Å². The Hall–Kier alpha value is -1.49. The third-order valence-electron chi connectivity index (χ3n) is 2.98. The lowest BCUT2D eigenvalue weighted by Gasteiger charge is -2.20. The summed E-state index contributed by atoms with van der Waals surface area (Å²) in [5.41, 5.74) is 1.15. The first-order valence-corrected chi connectivity index (χ1v) is 6.59. The van der Waals surface area contributed by atoms with Crippen LogP contribution < -0.4 is 9.47 Å². The van der Waals surface area contributed by atoms with Crippen molar-refractivity contribution in [2.24, 2.45) is 0 Å². The number of benzene rings is 1. The summed E-state index contributed by atoms with van der Waals surface area (Å²) in [6.45, 7) is 3.98. The first-order chi connectivity index (χ1) is 8.74. The molecule has 94 valence electrons. The number of imidazole rings is 1. The van der Waals surface area contributed by atoms with Crippen LogP contribution in [0, 0.1) is 6.92 Å². The van der Waals surface area contributed by atoms with Gasteiger partial charge in [-0.05, 0) is 24.6 Å². The molecule has 2 aromatic rings. The fraction of sp³-hybridized carbons (Fsp3) is 0.308. The van der Waals surface area contributed by atoms with Crippen LogP contribution in [0.5, 0.6) is 11.5 Å². The molecule has 0 aliphatic carbocycles. The number of nitrogens with zero attached hydrogens (tertiary/aromatic N) is 2. The first-order valence-electron chi connectivity index (χ1n) is 5.80. The van der Waals surface area contributed by atoms with E-state index in [4.69, 9.17) is 9.47 Å². The molecule has 18 heavy (non-hydrogen) atoms. The first kappa shape index (κ1) is 11.6. The highest BCUT2D eigenvalue weighted by Gasteiger charge is 2.15. The fourth-order valence-corrected chi connectivity index (χ4v) is 2.43. The van der Waals surface area contributed by atoms with E-state index in [1.54, 1.807) is 6.20 Å². The van der Waals surface area contributed by atoms with Gasteiger partial charge in [0.05, 0.1) is 0 Å². The highest BCUT2D eigenvalue weighted by molar-refractivity contribution is 9.10. The van der Waals surface area contributed by atoms with Crippen molar-refractivity contribution in [1.29, 1.82) is 0 Å². The Kier molecular flexibility index (Phi) is 2.99. The predicted molar refractivity (Wildman–Crippen MR) is 71.2 cm³/mol. The molecule has 0 unspecified atom stereocenters. The Morgan fingerprint density at radius 1 is 1.28 bits per heavy atom. The molecule has 5 heteroatoms. The maximum Gasteiger partial charge on any atom is 0.162 e. The number of halogens is 1. The zero-order valence-electron chi connectivity index (χ0n) is 10.0. The standard InChI is InChI=1S/C13H13BrN2O2/c1-9-15-2-3-16(9)8-10-6-12-13(7-11(10)14)18-5-4-17-12/h2-3,6-7H,4-5,8H2,1H3. The number of hydrogen-bond donors (Lipinski definition) is 0. The van der Waals surface area contributed by atoms with Crippen molar-refractivity contribution in [3.63, 3.8) is 0 Å². The molecule has 0 spiro atoms. The minimum Gasteiger partial charge on any atom is -0.486 e. The number of rotatable bonds is 2. The summed E-state index contributed by atoms with van der Waals surface area (Å²) in [5.74, 6) is 2.62. The minimum absolute atomic E-state index is 0.609. The number of hydrogen-bond acceptors (Lipinski definition) is 3. The highest BCUT2D eigenvalue weighted by atomic mass is 79.9. The molecule has 0 saturated carbocycles. The molecule has 4 nitrogen and oxygen atoms in total. The van der Waals surface area contributed by atoms with Crippen molar-refractivity contribution < 1.29 is 9.47 Å². The number of fused-ring (bicyclic) bond motifs is 1. The highest BCUT2D eigenvalue weighted by Crippen LogP contribution is 2.35. The van der Waals surface area contributed by atoms with Gasteiger partial charge in [0.2, 0.25) is 0 Å². The van der Waals surface area contributed by atoms with Crippen molar-refractivity contribution >= 4 is 15.9 Å². The van der Waals surface area contributed by atoms with E-state index in [1.165, 1.54) is 0 Å². The Morgan fingerprint density at radius 2 is 2.00 bits per heavy atom. The lowest BCUT2D eigenvalue weighted by Crippen LogP contribution is -2.16. The second kappa shape index (κ2) is 4.65. The topological polar surface area (TPSA) is 36.3 Å². The van der Waals surface area contributed by atoms with E-state index >= 15 is 0 Å². The van der Waals surface area contributed by atoms with Crippen molar-refractivity contribution in [2.75, 3.05) is 13.2 Å². The van der Waals surface area contributed by atoms with Gasteiger partial charge in [0, 0.05) is 23.4 Å². The maximum absolute atomic E-state index is 5.60. The zero-order chi connectivity index (χ0) is 12.5. The molecule has 0 atom stereocenters. The Morgan fingerprint density at radius 3 is 2.67 bits per heavy atom. The number of ether oxygens (including phenoxy) is 2. The normalized spacial score (nSPS) is 13.7. The van der Waals surface area contributed by atoms with Gasteiger partial charge in [0.1, 0.15) is 19.0 Å². The van der Waals surface area contributed by atoms with Crippen LogP contribution in [0.4, 0.5) is 0 Å². The molecular weight excluding hydrogens is 296 g/mol. The van der Waals surface area contributed by atoms with Crippen LogP contribution in [-0.4, -0.2) is 22.8 Å². The Balaban J connectivity index is 1.95. The van der Waals surface area contributed by atoms with E-state index in [1.807, 2.05) is 25.3 Å². The van der Waals surface area contributed by atoms with E-state index in [0.717, 1.165) is 33.9 Å². The molecular formula is C13H13BrN2O2. The third-order valence-corrected chi connectivity index (χ3v) is 3.71. The van der Waals surface area contributed by atoms with Crippen LogP contribution >= 0.6 is 15.9 Å². The minimum atomic E-state index is 0.609. The van der Waals surface area contributed by atoms with Gasteiger partial charge in [-0.2, -0.15) is 0 Å². The Labute approximate surface area is 114 Å². The second-order valence-electron chi connectivity index (χ2n) is 4.19. The van der Waals surface area contributed by atoms with Crippen molar-refractivity contribution in [3.8, 4) is 11.5 Å². The molecule has 1 aromatic heterocycles. The van der Waals surface area contributed by atoms with Gasteiger partial charge in [-0.15, -0.1) is 0 Å². The molecule has 0 N–H and O–H groups in total. The molecule has 0 amide bonds. The summed E-state index contributed by atoms with van der Waals surface area (Å²) >= 11 is 3.58. The molecule has 3 rings (SSSR count). The van der Waals surface area contributed by atoms with E-state index in [2.05, 4.69) is 25.5 Å².